The molecule has 0 aromatic heterocycles. The van der Waals surface area contributed by atoms with E-state index >= 15 is 0 Å². The lowest BCUT2D eigenvalue weighted by atomic mass is 10.1. The van der Waals surface area contributed by atoms with E-state index in [1.165, 1.54) is 64.2 Å². The molecule has 7 heteroatoms. The minimum absolute atomic E-state index is 0.231. The molecule has 0 fully saturated rings. The van der Waals surface area contributed by atoms with Crippen molar-refractivity contribution in [3.05, 3.63) is 0 Å². The van der Waals surface area contributed by atoms with E-state index in [0.29, 0.717) is 6.42 Å². The zero-order chi connectivity index (χ0) is 20.0. The lowest BCUT2D eigenvalue weighted by Gasteiger charge is -2.09. The lowest BCUT2D eigenvalue weighted by Crippen LogP contribution is -2.26. The number of carbonyl (C=O) groups excluding carboxylic acids is 1. The van der Waals surface area contributed by atoms with Gasteiger partial charge in [-0.15, -0.1) is 9.79 Å². The van der Waals surface area contributed by atoms with Crippen LogP contribution in [0.3, 0.4) is 0 Å². The van der Waals surface area contributed by atoms with Gasteiger partial charge in [-0.1, -0.05) is 71.1 Å². The third kappa shape index (κ3) is 31.2. The Bertz CT molecular complexity index is 325. The highest BCUT2D eigenvalue weighted by Crippen LogP contribution is 2.11. The molecule has 0 bridgehead atoms. The van der Waals surface area contributed by atoms with Crippen molar-refractivity contribution in [3.63, 3.8) is 0 Å². The Hall–Kier alpha value is -0.550. The van der Waals surface area contributed by atoms with Gasteiger partial charge in [0.25, 0.3) is 0 Å². The molecule has 6 nitrogen and oxygen atoms in total. The van der Waals surface area contributed by atoms with Crippen LogP contribution in [0, 0.1) is 0 Å². The first-order chi connectivity index (χ1) is 12.4. The van der Waals surface area contributed by atoms with Crippen LogP contribution in [-0.4, -0.2) is 47.8 Å². The van der Waals surface area contributed by atoms with Gasteiger partial charge in [-0.05, 0) is 33.5 Å². The van der Waals surface area contributed by atoms with Crippen LogP contribution in [0.1, 0.15) is 90.4 Å². The van der Waals surface area contributed by atoms with E-state index in [-0.39, 0.29) is 5.91 Å². The average Bonchev–Trinajstić information content (AvgIpc) is 2.56. The van der Waals surface area contributed by atoms with E-state index in [1.807, 2.05) is 0 Å². The maximum Gasteiger partial charge on any atom is 0.692 e. The van der Waals surface area contributed by atoms with Crippen LogP contribution in [0.2, 0.25) is 0 Å². The van der Waals surface area contributed by atoms with Gasteiger partial charge in [0.1, 0.15) is 0 Å². The molecule has 0 radical (unpaired) electrons. The van der Waals surface area contributed by atoms with Crippen LogP contribution in [0.25, 0.3) is 0 Å². The van der Waals surface area contributed by atoms with Gasteiger partial charge < -0.3 is 10.2 Å². The SMILES string of the molecule is CCCCCCCCCCCCCC(=O)NCCCN(C)C.O=[P+](O)O. The van der Waals surface area contributed by atoms with Gasteiger partial charge >= 0.3 is 8.25 Å². The molecule has 0 heterocycles. The normalized spacial score (nSPS) is 10.4. The van der Waals surface area contributed by atoms with Crippen molar-refractivity contribution in [2.24, 2.45) is 0 Å². The third-order valence-corrected chi connectivity index (χ3v) is 4.11. The number of nitrogens with zero attached hydrogens (tertiary/aromatic N) is 1. The molecule has 156 valence electrons. The summed E-state index contributed by atoms with van der Waals surface area (Å²) in [6.45, 7) is 4.12. The standard InChI is InChI=1S/C19H40N2O.HO3P/c1-4-5-6-7-8-9-10-11-12-13-14-16-19(22)20-17-15-18-21(2)3;1-4(2)3/h4-18H2,1-3H3,(H,20,22);(H-,1,2,3)/p+1. The summed E-state index contributed by atoms with van der Waals surface area (Å²) in [6.07, 6.45) is 16.4. The van der Waals surface area contributed by atoms with Crippen LogP contribution in [0.15, 0.2) is 0 Å². The van der Waals surface area contributed by atoms with Gasteiger partial charge in [-0.25, -0.2) is 0 Å². The van der Waals surface area contributed by atoms with Crippen LogP contribution in [0.5, 0.6) is 0 Å². The molecule has 0 aliphatic carbocycles. The van der Waals surface area contributed by atoms with Crippen molar-refractivity contribution in [3.8, 4) is 0 Å². The first kappa shape index (κ1) is 27.7. The number of nitrogens with one attached hydrogen (secondary N) is 1. The fourth-order valence-electron chi connectivity index (χ4n) is 2.66. The van der Waals surface area contributed by atoms with E-state index in [0.717, 1.165) is 25.9 Å². The van der Waals surface area contributed by atoms with Crippen LogP contribution >= 0.6 is 8.25 Å². The highest BCUT2D eigenvalue weighted by atomic mass is 31.1. The van der Waals surface area contributed by atoms with Crippen molar-refractivity contribution in [1.82, 2.24) is 10.2 Å². The number of amides is 1. The molecular weight excluding hydrogens is 351 g/mol. The number of hydrogen-bond acceptors (Lipinski definition) is 3. The molecule has 26 heavy (non-hydrogen) atoms. The largest absolute Gasteiger partial charge is 0.692 e. The predicted octanol–water partition coefficient (Wildman–Crippen LogP) is 4.38. The van der Waals surface area contributed by atoms with E-state index < -0.39 is 8.25 Å². The summed E-state index contributed by atoms with van der Waals surface area (Å²) in [5.41, 5.74) is 0. The zero-order valence-corrected chi connectivity index (χ0v) is 18.1. The Morgan fingerprint density at radius 2 is 1.27 bits per heavy atom. The summed E-state index contributed by atoms with van der Waals surface area (Å²) in [5, 5.41) is 3.01. The molecule has 0 aromatic rings. The molecular formula is C19H42N2O4P+. The van der Waals surface area contributed by atoms with E-state index in [9.17, 15) is 4.79 Å². The van der Waals surface area contributed by atoms with Crippen molar-refractivity contribution < 1.29 is 19.1 Å². The third-order valence-electron chi connectivity index (χ3n) is 4.11. The maximum absolute atomic E-state index is 11.6. The first-order valence-electron chi connectivity index (χ1n) is 10.2. The van der Waals surface area contributed by atoms with Crippen molar-refractivity contribution >= 4 is 14.2 Å². The second-order valence-electron chi connectivity index (χ2n) is 7.05. The Kier molecular flexibility index (Phi) is 23.9. The summed E-state index contributed by atoms with van der Waals surface area (Å²) < 4.78 is 8.70. The van der Waals surface area contributed by atoms with Gasteiger partial charge in [0.15, 0.2) is 0 Å². The van der Waals surface area contributed by atoms with Gasteiger partial charge in [-0.2, -0.15) is 0 Å². The fourth-order valence-corrected chi connectivity index (χ4v) is 2.66. The number of rotatable bonds is 16. The maximum atomic E-state index is 11.6. The van der Waals surface area contributed by atoms with Gasteiger partial charge in [0, 0.05) is 17.5 Å². The summed E-state index contributed by atoms with van der Waals surface area (Å²) in [7, 11) is 1.25. The smallest absolute Gasteiger partial charge is 0.356 e. The zero-order valence-electron chi connectivity index (χ0n) is 17.2. The minimum Gasteiger partial charge on any atom is -0.356 e. The summed E-state index contributed by atoms with van der Waals surface area (Å²) in [5.74, 6) is 0.231. The van der Waals surface area contributed by atoms with Crippen LogP contribution in [-0.2, 0) is 9.36 Å². The van der Waals surface area contributed by atoms with Gasteiger partial charge in [-0.3, -0.25) is 4.79 Å². The molecule has 0 aliphatic rings. The van der Waals surface area contributed by atoms with Crippen molar-refractivity contribution in [1.29, 1.82) is 0 Å². The molecule has 1 amide bonds. The van der Waals surface area contributed by atoms with E-state index in [2.05, 4.69) is 31.2 Å². The Morgan fingerprint density at radius 1 is 0.846 bits per heavy atom. The lowest BCUT2D eigenvalue weighted by molar-refractivity contribution is -0.121. The Balaban J connectivity index is 0. The highest BCUT2D eigenvalue weighted by molar-refractivity contribution is 7.30. The topological polar surface area (TPSA) is 89.9 Å². The average molecular weight is 394 g/mol. The first-order valence-corrected chi connectivity index (χ1v) is 11.3. The second-order valence-corrected chi connectivity index (χ2v) is 7.55. The monoisotopic (exact) mass is 393 g/mol. The summed E-state index contributed by atoms with van der Waals surface area (Å²) in [4.78, 5) is 28.0. The van der Waals surface area contributed by atoms with Crippen molar-refractivity contribution in [2.75, 3.05) is 27.2 Å². The predicted molar refractivity (Wildman–Crippen MR) is 109 cm³/mol. The number of unbranched alkanes of at least 4 members (excludes halogenated alkanes) is 10. The Morgan fingerprint density at radius 3 is 1.69 bits per heavy atom. The molecule has 0 aliphatic heterocycles. The van der Waals surface area contributed by atoms with Crippen LogP contribution in [0.4, 0.5) is 0 Å². The molecule has 0 rings (SSSR count). The Labute approximate surface area is 161 Å². The molecule has 0 atom stereocenters. The van der Waals surface area contributed by atoms with Gasteiger partial charge in [0.2, 0.25) is 5.91 Å². The minimum atomic E-state index is -2.87. The van der Waals surface area contributed by atoms with E-state index in [1.54, 1.807) is 0 Å². The van der Waals surface area contributed by atoms with E-state index in [4.69, 9.17) is 14.4 Å². The molecule has 0 saturated carbocycles. The molecule has 0 aromatic carbocycles. The fraction of sp³-hybridized carbons (Fsp3) is 0.947. The number of hydrogen-bond donors (Lipinski definition) is 3. The second kappa shape index (κ2) is 22.5. The highest BCUT2D eigenvalue weighted by Gasteiger charge is 2.00. The summed E-state index contributed by atoms with van der Waals surface area (Å²) in [6, 6.07) is 0. The molecule has 3 N–H and O–H groups in total. The summed E-state index contributed by atoms with van der Waals surface area (Å²) >= 11 is 0. The molecule has 0 unspecified atom stereocenters. The quantitative estimate of drug-likeness (QED) is 0.267. The van der Waals surface area contributed by atoms with Crippen LogP contribution < -0.4 is 5.32 Å². The molecule has 0 saturated heterocycles. The van der Waals surface area contributed by atoms with Gasteiger partial charge in [0.05, 0.1) is 0 Å². The molecule has 0 spiro atoms. The number of carbonyl (C=O) groups is 1. The van der Waals surface area contributed by atoms with Crippen molar-refractivity contribution in [2.45, 2.75) is 90.4 Å².